The van der Waals surface area contributed by atoms with E-state index < -0.39 is 9.84 Å². The highest BCUT2D eigenvalue weighted by molar-refractivity contribution is 7.92. The molecule has 4 aromatic rings. The summed E-state index contributed by atoms with van der Waals surface area (Å²) in [6, 6.07) is 11.3. The first kappa shape index (κ1) is 18.3. The van der Waals surface area contributed by atoms with Crippen molar-refractivity contribution in [2.75, 3.05) is 0 Å². The number of nitrogens with one attached hydrogen (secondary N) is 1. The molecule has 0 atom stereocenters. The lowest BCUT2D eigenvalue weighted by molar-refractivity contribution is 0.596. The number of hydrogen-bond acceptors (Lipinski definition) is 7. The summed E-state index contributed by atoms with van der Waals surface area (Å²) < 4.78 is 26.8. The molecule has 0 saturated carbocycles. The number of benzene rings is 1. The SMILES string of the molecule is N#Cc1c(-c2ccncc2)sc(-c2ncn[nH]2)c1S(=O)(=O)c1ccc(Cl)cc1. The molecule has 3 aromatic heterocycles. The number of pyridine rings is 1. The van der Waals surface area contributed by atoms with Gasteiger partial charge in [0.25, 0.3) is 0 Å². The molecular weight excluding hydrogens is 418 g/mol. The summed E-state index contributed by atoms with van der Waals surface area (Å²) in [7, 11) is -4.02. The first-order valence-corrected chi connectivity index (χ1v) is 10.5. The van der Waals surface area contributed by atoms with Crippen molar-refractivity contribution in [1.82, 2.24) is 20.2 Å². The van der Waals surface area contributed by atoms with E-state index in [4.69, 9.17) is 11.6 Å². The summed E-state index contributed by atoms with van der Waals surface area (Å²) >= 11 is 7.05. The Morgan fingerprint density at radius 3 is 2.39 bits per heavy atom. The van der Waals surface area contributed by atoms with Crippen LogP contribution < -0.4 is 0 Å². The van der Waals surface area contributed by atoms with E-state index in [0.717, 1.165) is 11.3 Å². The van der Waals surface area contributed by atoms with E-state index in [1.54, 1.807) is 24.5 Å². The highest BCUT2D eigenvalue weighted by Gasteiger charge is 2.32. The van der Waals surface area contributed by atoms with E-state index in [2.05, 4.69) is 26.2 Å². The van der Waals surface area contributed by atoms with Crippen LogP contribution in [0.2, 0.25) is 5.02 Å². The van der Waals surface area contributed by atoms with Crippen molar-refractivity contribution in [2.24, 2.45) is 0 Å². The van der Waals surface area contributed by atoms with E-state index >= 15 is 0 Å². The van der Waals surface area contributed by atoms with Crippen molar-refractivity contribution in [3.05, 3.63) is 65.7 Å². The van der Waals surface area contributed by atoms with Crippen LogP contribution in [-0.2, 0) is 9.84 Å². The Bertz CT molecular complexity index is 1280. The summed E-state index contributed by atoms with van der Waals surface area (Å²) in [6.07, 6.45) is 4.45. The van der Waals surface area contributed by atoms with E-state index in [1.165, 1.54) is 30.6 Å². The Morgan fingerprint density at radius 2 is 1.79 bits per heavy atom. The van der Waals surface area contributed by atoms with Crippen molar-refractivity contribution < 1.29 is 8.42 Å². The van der Waals surface area contributed by atoms with Crippen LogP contribution in [0.1, 0.15) is 5.56 Å². The molecule has 1 N–H and O–H groups in total. The number of aromatic nitrogens is 4. The fourth-order valence-corrected chi connectivity index (χ4v) is 5.91. The number of halogens is 1. The van der Waals surface area contributed by atoms with Crippen molar-refractivity contribution >= 4 is 32.8 Å². The lowest BCUT2D eigenvalue weighted by Gasteiger charge is -2.06. The summed E-state index contributed by atoms with van der Waals surface area (Å²) in [5.74, 6) is 0.273. The van der Waals surface area contributed by atoms with Gasteiger partial charge >= 0.3 is 0 Å². The number of hydrogen-bond donors (Lipinski definition) is 1. The van der Waals surface area contributed by atoms with Crippen molar-refractivity contribution in [2.45, 2.75) is 9.79 Å². The van der Waals surface area contributed by atoms with Crippen LogP contribution in [0.3, 0.4) is 0 Å². The van der Waals surface area contributed by atoms with Gasteiger partial charge < -0.3 is 0 Å². The van der Waals surface area contributed by atoms with Crippen molar-refractivity contribution in [3.8, 4) is 27.2 Å². The Balaban J connectivity index is 2.04. The average molecular weight is 428 g/mol. The molecule has 10 heteroatoms. The number of nitrogens with zero attached hydrogens (tertiary/aromatic N) is 4. The molecule has 3 heterocycles. The van der Waals surface area contributed by atoms with Crippen LogP contribution in [0.15, 0.2) is 64.9 Å². The van der Waals surface area contributed by atoms with E-state index in [9.17, 15) is 13.7 Å². The zero-order valence-corrected chi connectivity index (χ0v) is 16.4. The minimum Gasteiger partial charge on any atom is -0.265 e. The Morgan fingerprint density at radius 1 is 1.07 bits per heavy atom. The molecule has 28 heavy (non-hydrogen) atoms. The van der Waals surface area contributed by atoms with E-state index in [0.29, 0.717) is 20.3 Å². The van der Waals surface area contributed by atoms with Crippen molar-refractivity contribution in [3.63, 3.8) is 0 Å². The molecule has 0 unspecified atom stereocenters. The molecule has 0 aliphatic rings. The normalized spacial score (nSPS) is 11.3. The van der Waals surface area contributed by atoms with Crippen LogP contribution in [0, 0.1) is 11.3 Å². The standard InChI is InChI=1S/C18H10ClN5O2S2/c19-12-1-3-13(4-2-12)28(25,26)17-14(9-20)15(11-5-7-21-8-6-11)27-16(17)18-22-10-23-24-18/h1-8,10H,(H,22,23,24). The van der Waals surface area contributed by atoms with Gasteiger partial charge in [0.1, 0.15) is 17.3 Å². The molecule has 0 aliphatic carbocycles. The van der Waals surface area contributed by atoms with Gasteiger partial charge in [0.05, 0.1) is 20.2 Å². The molecule has 0 amide bonds. The molecule has 1 aromatic carbocycles. The second kappa shape index (κ2) is 7.16. The molecular formula is C18H10ClN5O2S2. The number of rotatable bonds is 4. The third kappa shape index (κ3) is 3.07. The minimum atomic E-state index is -4.02. The van der Waals surface area contributed by atoms with Crippen LogP contribution >= 0.6 is 22.9 Å². The maximum absolute atomic E-state index is 13.4. The lowest BCUT2D eigenvalue weighted by atomic mass is 10.1. The van der Waals surface area contributed by atoms with Crippen LogP contribution in [0.25, 0.3) is 21.1 Å². The second-order valence-electron chi connectivity index (χ2n) is 5.60. The molecule has 4 rings (SSSR count). The number of thiophene rings is 1. The molecule has 0 bridgehead atoms. The molecule has 0 saturated heterocycles. The van der Waals surface area contributed by atoms with Gasteiger partial charge in [0.15, 0.2) is 5.82 Å². The van der Waals surface area contributed by atoms with Crippen LogP contribution in [-0.4, -0.2) is 28.6 Å². The van der Waals surface area contributed by atoms with Gasteiger partial charge in [-0.3, -0.25) is 10.1 Å². The Kier molecular flexibility index (Phi) is 4.68. The van der Waals surface area contributed by atoms with Crippen LogP contribution in [0.5, 0.6) is 0 Å². The third-order valence-electron chi connectivity index (χ3n) is 3.94. The zero-order valence-electron chi connectivity index (χ0n) is 14.0. The summed E-state index contributed by atoms with van der Waals surface area (Å²) in [5.41, 5.74) is 0.743. The van der Waals surface area contributed by atoms with Gasteiger partial charge in [-0.1, -0.05) is 11.6 Å². The Labute approximate surface area is 169 Å². The molecule has 0 spiro atoms. The highest BCUT2D eigenvalue weighted by atomic mass is 35.5. The number of nitriles is 1. The summed E-state index contributed by atoms with van der Waals surface area (Å²) in [5, 5.41) is 16.7. The Hall–Kier alpha value is -3.06. The summed E-state index contributed by atoms with van der Waals surface area (Å²) in [6.45, 7) is 0. The molecule has 7 nitrogen and oxygen atoms in total. The number of H-pyrrole nitrogens is 1. The minimum absolute atomic E-state index is 0.0354. The molecule has 0 radical (unpaired) electrons. The maximum atomic E-state index is 13.4. The fraction of sp³-hybridized carbons (Fsp3) is 0. The van der Waals surface area contributed by atoms with Gasteiger partial charge in [-0.05, 0) is 42.0 Å². The third-order valence-corrected chi connectivity index (χ3v) is 7.41. The lowest BCUT2D eigenvalue weighted by Crippen LogP contribution is -2.04. The van der Waals surface area contributed by atoms with Crippen molar-refractivity contribution in [1.29, 1.82) is 5.26 Å². The zero-order chi connectivity index (χ0) is 19.7. The van der Waals surface area contributed by atoms with Crippen LogP contribution in [0.4, 0.5) is 0 Å². The fourth-order valence-electron chi connectivity index (χ4n) is 2.68. The number of sulfone groups is 1. The maximum Gasteiger partial charge on any atom is 0.209 e. The predicted molar refractivity (Wildman–Crippen MR) is 105 cm³/mol. The first-order valence-electron chi connectivity index (χ1n) is 7.86. The van der Waals surface area contributed by atoms with Gasteiger partial charge in [0.2, 0.25) is 9.84 Å². The smallest absolute Gasteiger partial charge is 0.209 e. The monoisotopic (exact) mass is 427 g/mol. The predicted octanol–water partition coefficient (Wildman–Crippen LogP) is 3.95. The molecule has 138 valence electrons. The summed E-state index contributed by atoms with van der Waals surface area (Å²) in [4.78, 5) is 8.82. The topological polar surface area (TPSA) is 112 Å². The van der Waals surface area contributed by atoms with E-state index in [-0.39, 0.29) is 21.2 Å². The quantitative estimate of drug-likeness (QED) is 0.527. The highest BCUT2D eigenvalue weighted by Crippen LogP contribution is 2.44. The molecule has 0 aliphatic heterocycles. The van der Waals surface area contributed by atoms with E-state index in [1.807, 2.05) is 0 Å². The number of aromatic amines is 1. The first-order chi connectivity index (χ1) is 13.5. The van der Waals surface area contributed by atoms with Gasteiger partial charge in [-0.25, -0.2) is 13.4 Å². The largest absolute Gasteiger partial charge is 0.265 e. The average Bonchev–Trinajstić information content (AvgIpc) is 3.36. The van der Waals surface area contributed by atoms with Gasteiger partial charge in [0, 0.05) is 17.4 Å². The van der Waals surface area contributed by atoms with Gasteiger partial charge in [-0.2, -0.15) is 10.4 Å². The molecule has 0 fully saturated rings. The second-order valence-corrected chi connectivity index (χ2v) is 8.95. The van der Waals surface area contributed by atoms with Gasteiger partial charge in [-0.15, -0.1) is 11.3 Å².